The van der Waals surface area contributed by atoms with E-state index in [1.807, 2.05) is 12.1 Å². The smallest absolute Gasteiger partial charge is 0.163 e. The number of nitrogens with one attached hydrogen (secondary N) is 2. The Labute approximate surface area is 128 Å². The average Bonchev–Trinajstić information content (AvgIpc) is 2.87. The molecule has 2 rings (SSSR count). The zero-order valence-corrected chi connectivity index (χ0v) is 12.3. The fourth-order valence-electron chi connectivity index (χ4n) is 2.05. The van der Waals surface area contributed by atoms with Gasteiger partial charge in [0.1, 0.15) is 29.7 Å². The van der Waals surface area contributed by atoms with Crippen LogP contribution in [0.4, 0.5) is 5.69 Å². The lowest BCUT2D eigenvalue weighted by atomic mass is 10.1. The molecule has 0 saturated carbocycles. The quantitative estimate of drug-likeness (QED) is 0.840. The molecule has 0 spiro atoms. The molecule has 22 heavy (non-hydrogen) atoms. The fourth-order valence-corrected chi connectivity index (χ4v) is 2.05. The third-order valence-electron chi connectivity index (χ3n) is 2.99. The summed E-state index contributed by atoms with van der Waals surface area (Å²) in [5, 5.41) is 29.5. The van der Waals surface area contributed by atoms with Crippen molar-refractivity contribution in [1.82, 2.24) is 9.97 Å². The third-order valence-corrected chi connectivity index (χ3v) is 2.99. The lowest BCUT2D eigenvalue weighted by molar-refractivity contribution is 0.627. The second-order valence-electron chi connectivity index (χ2n) is 5.22. The average molecular weight is 290 g/mol. The molecule has 0 unspecified atom stereocenters. The van der Waals surface area contributed by atoms with Crippen LogP contribution in [-0.4, -0.2) is 9.97 Å². The van der Waals surface area contributed by atoms with Crippen molar-refractivity contribution in [1.29, 1.82) is 15.8 Å². The van der Waals surface area contributed by atoms with Gasteiger partial charge in [0, 0.05) is 12.1 Å². The number of nitrogens with zero attached hydrogens (tertiary/aromatic N) is 4. The van der Waals surface area contributed by atoms with Crippen LogP contribution in [0, 0.1) is 39.9 Å². The molecule has 0 aliphatic heterocycles. The summed E-state index contributed by atoms with van der Waals surface area (Å²) >= 11 is 0. The second-order valence-corrected chi connectivity index (χ2v) is 5.22. The highest BCUT2D eigenvalue weighted by molar-refractivity contribution is 5.80. The lowest BCUT2D eigenvalue weighted by Gasteiger charge is -2.04. The van der Waals surface area contributed by atoms with Crippen molar-refractivity contribution >= 4 is 16.7 Å². The first kappa shape index (κ1) is 15.1. The van der Waals surface area contributed by atoms with E-state index >= 15 is 0 Å². The van der Waals surface area contributed by atoms with Gasteiger partial charge in [-0.25, -0.2) is 4.98 Å². The standard InChI is InChI=1S/C16H14N6/c1-10(2)5-16-21-13-4-3-12(6-14(13)22-16)20-15(9-19)11(7-17)8-18/h3-4,6,10,20H,5H2,1-2H3,(H,21,22). The van der Waals surface area contributed by atoms with Crippen LogP contribution in [-0.2, 0) is 6.42 Å². The summed E-state index contributed by atoms with van der Waals surface area (Å²) in [6.07, 6.45) is 0.855. The molecule has 1 heterocycles. The molecule has 0 saturated heterocycles. The molecule has 0 radical (unpaired) electrons. The highest BCUT2D eigenvalue weighted by atomic mass is 14.9. The minimum absolute atomic E-state index is 0.0636. The first-order valence-corrected chi connectivity index (χ1v) is 6.77. The van der Waals surface area contributed by atoms with Crippen LogP contribution in [0.5, 0.6) is 0 Å². The predicted molar refractivity (Wildman–Crippen MR) is 82.1 cm³/mol. The number of nitriles is 3. The maximum absolute atomic E-state index is 9.04. The van der Waals surface area contributed by atoms with Crippen molar-refractivity contribution in [3.8, 4) is 18.2 Å². The van der Waals surface area contributed by atoms with E-state index in [0.29, 0.717) is 11.6 Å². The van der Waals surface area contributed by atoms with Crippen molar-refractivity contribution in [2.24, 2.45) is 5.92 Å². The molecule has 0 amide bonds. The van der Waals surface area contributed by atoms with Crippen LogP contribution in [0.1, 0.15) is 19.7 Å². The van der Waals surface area contributed by atoms with Gasteiger partial charge in [-0.05, 0) is 24.1 Å². The molecule has 6 heteroatoms. The molecule has 1 aromatic carbocycles. The Morgan fingerprint density at radius 3 is 2.55 bits per heavy atom. The monoisotopic (exact) mass is 290 g/mol. The molecule has 0 atom stereocenters. The number of benzene rings is 1. The van der Waals surface area contributed by atoms with E-state index in [9.17, 15) is 0 Å². The largest absolute Gasteiger partial charge is 0.345 e. The number of hydrogen-bond acceptors (Lipinski definition) is 5. The van der Waals surface area contributed by atoms with Crippen molar-refractivity contribution in [3.63, 3.8) is 0 Å². The van der Waals surface area contributed by atoms with E-state index in [0.717, 1.165) is 23.3 Å². The van der Waals surface area contributed by atoms with Crippen molar-refractivity contribution < 1.29 is 0 Å². The minimum atomic E-state index is -0.243. The van der Waals surface area contributed by atoms with Gasteiger partial charge in [0.15, 0.2) is 5.57 Å². The lowest BCUT2D eigenvalue weighted by Crippen LogP contribution is -2.00. The summed E-state index contributed by atoms with van der Waals surface area (Å²) in [6, 6.07) is 10.6. The van der Waals surface area contributed by atoms with Crippen LogP contribution in [0.3, 0.4) is 0 Å². The summed E-state index contributed by atoms with van der Waals surface area (Å²) < 4.78 is 0. The number of aromatic amines is 1. The Morgan fingerprint density at radius 2 is 1.95 bits per heavy atom. The van der Waals surface area contributed by atoms with Crippen LogP contribution in [0.25, 0.3) is 11.0 Å². The van der Waals surface area contributed by atoms with E-state index in [2.05, 4.69) is 29.1 Å². The van der Waals surface area contributed by atoms with E-state index in [-0.39, 0.29) is 11.3 Å². The molecule has 0 aliphatic rings. The SMILES string of the molecule is CC(C)Cc1nc2ccc(NC(C#N)=C(C#N)C#N)cc2[nH]1. The van der Waals surface area contributed by atoms with Gasteiger partial charge in [-0.1, -0.05) is 13.8 Å². The van der Waals surface area contributed by atoms with Crippen LogP contribution in [0.2, 0.25) is 0 Å². The van der Waals surface area contributed by atoms with E-state index in [4.69, 9.17) is 15.8 Å². The van der Waals surface area contributed by atoms with Crippen molar-refractivity contribution in [3.05, 3.63) is 35.3 Å². The van der Waals surface area contributed by atoms with Gasteiger partial charge >= 0.3 is 0 Å². The molecule has 6 nitrogen and oxygen atoms in total. The molecule has 0 fully saturated rings. The van der Waals surface area contributed by atoms with E-state index < -0.39 is 0 Å². The first-order chi connectivity index (χ1) is 10.6. The maximum Gasteiger partial charge on any atom is 0.163 e. The summed E-state index contributed by atoms with van der Waals surface area (Å²) in [4.78, 5) is 7.73. The summed E-state index contributed by atoms with van der Waals surface area (Å²) in [6.45, 7) is 4.24. The Hall–Kier alpha value is -3.30. The zero-order valence-electron chi connectivity index (χ0n) is 12.3. The summed E-state index contributed by atoms with van der Waals surface area (Å²) in [5.41, 5.74) is 1.99. The number of fused-ring (bicyclic) bond motifs is 1. The first-order valence-electron chi connectivity index (χ1n) is 6.77. The van der Waals surface area contributed by atoms with Gasteiger partial charge in [0.25, 0.3) is 0 Å². The number of anilines is 1. The van der Waals surface area contributed by atoms with Gasteiger partial charge in [0.05, 0.1) is 11.0 Å². The van der Waals surface area contributed by atoms with Gasteiger partial charge in [0.2, 0.25) is 0 Å². The molecule has 2 aromatic rings. The molecule has 108 valence electrons. The normalized spacial score (nSPS) is 9.82. The van der Waals surface area contributed by atoms with Crippen LogP contribution in [0.15, 0.2) is 29.5 Å². The zero-order chi connectivity index (χ0) is 16.1. The Bertz CT molecular complexity index is 835. The highest BCUT2D eigenvalue weighted by Crippen LogP contribution is 2.20. The Kier molecular flexibility index (Phi) is 4.41. The van der Waals surface area contributed by atoms with Crippen molar-refractivity contribution in [2.45, 2.75) is 20.3 Å². The highest BCUT2D eigenvalue weighted by Gasteiger charge is 2.09. The molecule has 2 N–H and O–H groups in total. The molecular formula is C16H14N6. The predicted octanol–water partition coefficient (Wildman–Crippen LogP) is 3.00. The summed E-state index contributed by atoms with van der Waals surface area (Å²) in [5.74, 6) is 1.41. The Balaban J connectivity index is 2.34. The van der Waals surface area contributed by atoms with Crippen molar-refractivity contribution in [2.75, 3.05) is 5.32 Å². The van der Waals surface area contributed by atoms with Crippen LogP contribution >= 0.6 is 0 Å². The van der Waals surface area contributed by atoms with Gasteiger partial charge in [-0.3, -0.25) is 0 Å². The third kappa shape index (κ3) is 3.23. The molecule has 0 bridgehead atoms. The molecular weight excluding hydrogens is 276 g/mol. The number of allylic oxidation sites excluding steroid dienone is 2. The van der Waals surface area contributed by atoms with E-state index in [1.54, 1.807) is 24.3 Å². The van der Waals surface area contributed by atoms with Gasteiger partial charge in [-0.15, -0.1) is 0 Å². The number of H-pyrrole nitrogens is 1. The van der Waals surface area contributed by atoms with Gasteiger partial charge < -0.3 is 10.3 Å². The van der Waals surface area contributed by atoms with E-state index in [1.165, 1.54) is 0 Å². The fraction of sp³-hybridized carbons (Fsp3) is 0.250. The Morgan fingerprint density at radius 1 is 1.23 bits per heavy atom. The maximum atomic E-state index is 9.04. The number of aromatic nitrogens is 2. The molecule has 1 aromatic heterocycles. The minimum Gasteiger partial charge on any atom is -0.345 e. The summed E-state index contributed by atoms with van der Waals surface area (Å²) in [7, 11) is 0. The topological polar surface area (TPSA) is 112 Å². The molecule has 0 aliphatic carbocycles. The van der Waals surface area contributed by atoms with Gasteiger partial charge in [-0.2, -0.15) is 15.8 Å². The number of rotatable bonds is 4. The number of imidazole rings is 1. The van der Waals surface area contributed by atoms with Crippen LogP contribution < -0.4 is 5.32 Å². The second kappa shape index (κ2) is 6.43. The number of hydrogen-bond donors (Lipinski definition) is 2.